The Bertz CT molecular complexity index is 150. The summed E-state index contributed by atoms with van der Waals surface area (Å²) in [5, 5.41) is 0. The summed E-state index contributed by atoms with van der Waals surface area (Å²) in [5.74, 6) is 0.622. The Hall–Kier alpha value is -0.0800. The van der Waals surface area contributed by atoms with Crippen LogP contribution in [-0.4, -0.2) is 18.5 Å². The maximum Gasteiger partial charge on any atom is 0.163 e. The summed E-state index contributed by atoms with van der Waals surface area (Å²) < 4.78 is 11.1. The number of hydrogen-bond donors (Lipinski definition) is 0. The largest absolute Gasteiger partial charge is 0.348 e. The highest BCUT2D eigenvalue weighted by Gasteiger charge is 2.36. The summed E-state index contributed by atoms with van der Waals surface area (Å²) in [6.45, 7) is 4.77. The lowest BCUT2D eigenvalue weighted by Crippen LogP contribution is -2.21. The third-order valence-corrected chi connectivity index (χ3v) is 2.36. The topological polar surface area (TPSA) is 18.5 Å². The lowest BCUT2D eigenvalue weighted by molar-refractivity contribution is -0.139. The summed E-state index contributed by atoms with van der Waals surface area (Å²) >= 11 is 0. The molecule has 0 radical (unpaired) electrons. The summed E-state index contributed by atoms with van der Waals surface area (Å²) in [7, 11) is 0. The summed E-state index contributed by atoms with van der Waals surface area (Å²) in [6, 6.07) is 0. The molecule has 0 N–H and O–H groups in total. The van der Waals surface area contributed by atoms with Crippen LogP contribution in [0, 0.1) is 5.92 Å². The summed E-state index contributed by atoms with van der Waals surface area (Å²) in [5.41, 5.74) is 0. The SMILES string of the molecule is CC1(C)OCC(CC2CC2)O1. The Balaban J connectivity index is 1.79. The van der Waals surface area contributed by atoms with Gasteiger partial charge in [-0.15, -0.1) is 0 Å². The zero-order valence-electron chi connectivity index (χ0n) is 7.30. The number of hydrogen-bond acceptors (Lipinski definition) is 2. The average Bonchev–Trinajstić information content (AvgIpc) is 2.61. The van der Waals surface area contributed by atoms with Crippen molar-refractivity contribution in [2.75, 3.05) is 6.61 Å². The van der Waals surface area contributed by atoms with Crippen LogP contribution in [0.15, 0.2) is 0 Å². The fourth-order valence-corrected chi connectivity index (χ4v) is 1.60. The van der Waals surface area contributed by atoms with E-state index >= 15 is 0 Å². The van der Waals surface area contributed by atoms with E-state index in [1.54, 1.807) is 0 Å². The fourth-order valence-electron chi connectivity index (χ4n) is 1.60. The van der Waals surface area contributed by atoms with Crippen molar-refractivity contribution in [2.24, 2.45) is 5.92 Å². The van der Waals surface area contributed by atoms with E-state index in [9.17, 15) is 0 Å². The first kappa shape index (κ1) is 7.56. The van der Waals surface area contributed by atoms with Crippen LogP contribution in [0.5, 0.6) is 0 Å². The van der Waals surface area contributed by atoms with Crippen LogP contribution in [0.3, 0.4) is 0 Å². The van der Waals surface area contributed by atoms with Crippen LogP contribution in [0.2, 0.25) is 0 Å². The molecule has 1 heterocycles. The Kier molecular flexibility index (Phi) is 1.69. The maximum atomic E-state index is 5.68. The van der Waals surface area contributed by atoms with Crippen LogP contribution in [0.1, 0.15) is 33.1 Å². The third-order valence-electron chi connectivity index (χ3n) is 2.36. The van der Waals surface area contributed by atoms with Gasteiger partial charge in [0.05, 0.1) is 12.7 Å². The molecule has 1 atom stereocenters. The van der Waals surface area contributed by atoms with Crippen LogP contribution in [0.25, 0.3) is 0 Å². The Labute approximate surface area is 67.9 Å². The molecule has 0 aromatic carbocycles. The Morgan fingerprint density at radius 2 is 2.09 bits per heavy atom. The normalized spacial score (nSPS) is 36.0. The van der Waals surface area contributed by atoms with Gasteiger partial charge in [0, 0.05) is 0 Å². The molecule has 0 spiro atoms. The van der Waals surface area contributed by atoms with E-state index in [0.29, 0.717) is 6.10 Å². The molecule has 0 amide bonds. The zero-order chi connectivity index (χ0) is 7.90. The van der Waals surface area contributed by atoms with E-state index < -0.39 is 0 Å². The molecule has 2 aliphatic rings. The molecule has 1 saturated heterocycles. The monoisotopic (exact) mass is 156 g/mol. The zero-order valence-corrected chi connectivity index (χ0v) is 7.30. The second kappa shape index (κ2) is 2.46. The van der Waals surface area contributed by atoms with Crippen molar-refractivity contribution in [1.82, 2.24) is 0 Å². The van der Waals surface area contributed by atoms with Crippen LogP contribution < -0.4 is 0 Å². The first-order valence-electron chi connectivity index (χ1n) is 4.47. The van der Waals surface area contributed by atoms with Crippen molar-refractivity contribution in [2.45, 2.75) is 45.0 Å². The first-order chi connectivity index (χ1) is 5.16. The second-order valence-corrected chi connectivity index (χ2v) is 4.13. The second-order valence-electron chi connectivity index (χ2n) is 4.13. The molecule has 64 valence electrons. The molecule has 11 heavy (non-hydrogen) atoms. The molecule has 2 rings (SSSR count). The minimum atomic E-state index is -0.320. The average molecular weight is 156 g/mol. The molecule has 0 aromatic heterocycles. The third kappa shape index (κ3) is 1.94. The molecular weight excluding hydrogens is 140 g/mol. The Morgan fingerprint density at radius 1 is 1.36 bits per heavy atom. The predicted octanol–water partition coefficient (Wildman–Crippen LogP) is 1.94. The predicted molar refractivity (Wildman–Crippen MR) is 42.2 cm³/mol. The lowest BCUT2D eigenvalue weighted by atomic mass is 10.2. The number of rotatable bonds is 2. The highest BCUT2D eigenvalue weighted by Crippen LogP contribution is 2.37. The maximum absolute atomic E-state index is 5.68. The van der Waals surface area contributed by atoms with E-state index in [4.69, 9.17) is 9.47 Å². The molecule has 2 fully saturated rings. The van der Waals surface area contributed by atoms with Gasteiger partial charge in [-0.05, 0) is 26.2 Å². The van der Waals surface area contributed by atoms with Gasteiger partial charge >= 0.3 is 0 Å². The molecule has 0 bridgehead atoms. The highest BCUT2D eigenvalue weighted by atomic mass is 16.7. The molecule has 1 saturated carbocycles. The van der Waals surface area contributed by atoms with Crippen molar-refractivity contribution in [1.29, 1.82) is 0 Å². The van der Waals surface area contributed by atoms with Gasteiger partial charge in [-0.1, -0.05) is 12.8 Å². The minimum Gasteiger partial charge on any atom is -0.348 e. The smallest absolute Gasteiger partial charge is 0.163 e. The van der Waals surface area contributed by atoms with Crippen molar-refractivity contribution in [3.8, 4) is 0 Å². The van der Waals surface area contributed by atoms with Gasteiger partial charge in [-0.3, -0.25) is 0 Å². The van der Waals surface area contributed by atoms with Crippen LogP contribution in [0.4, 0.5) is 0 Å². The van der Waals surface area contributed by atoms with Crippen LogP contribution in [-0.2, 0) is 9.47 Å². The van der Waals surface area contributed by atoms with Crippen LogP contribution >= 0.6 is 0 Å². The van der Waals surface area contributed by atoms with Crippen molar-refractivity contribution in [3.05, 3.63) is 0 Å². The van der Waals surface area contributed by atoms with E-state index in [1.807, 2.05) is 13.8 Å². The van der Waals surface area contributed by atoms with Crippen molar-refractivity contribution in [3.63, 3.8) is 0 Å². The van der Waals surface area contributed by atoms with Crippen molar-refractivity contribution < 1.29 is 9.47 Å². The molecule has 1 unspecified atom stereocenters. The Morgan fingerprint density at radius 3 is 2.55 bits per heavy atom. The van der Waals surface area contributed by atoms with Gasteiger partial charge in [0.1, 0.15) is 0 Å². The quantitative estimate of drug-likeness (QED) is 0.608. The molecule has 2 nitrogen and oxygen atoms in total. The van der Waals surface area contributed by atoms with Gasteiger partial charge in [0.15, 0.2) is 5.79 Å². The van der Waals surface area contributed by atoms with E-state index in [2.05, 4.69) is 0 Å². The molecule has 1 aliphatic carbocycles. The van der Waals surface area contributed by atoms with Gasteiger partial charge in [0.25, 0.3) is 0 Å². The molecule has 2 heteroatoms. The lowest BCUT2D eigenvalue weighted by Gasteiger charge is -2.16. The van der Waals surface area contributed by atoms with E-state index in [0.717, 1.165) is 12.5 Å². The number of ether oxygens (including phenoxy) is 2. The summed E-state index contributed by atoms with van der Waals surface area (Å²) in [6.07, 6.45) is 4.39. The molecule has 0 aromatic rings. The van der Waals surface area contributed by atoms with Crippen molar-refractivity contribution >= 4 is 0 Å². The van der Waals surface area contributed by atoms with Gasteiger partial charge in [-0.25, -0.2) is 0 Å². The van der Waals surface area contributed by atoms with Gasteiger partial charge in [-0.2, -0.15) is 0 Å². The fraction of sp³-hybridized carbons (Fsp3) is 1.00. The van der Waals surface area contributed by atoms with E-state index in [1.165, 1.54) is 19.3 Å². The standard InChI is InChI=1S/C9H16O2/c1-9(2)10-6-8(11-9)5-7-3-4-7/h7-8H,3-6H2,1-2H3. The molecular formula is C9H16O2. The first-order valence-corrected chi connectivity index (χ1v) is 4.47. The summed E-state index contributed by atoms with van der Waals surface area (Å²) in [4.78, 5) is 0. The minimum absolute atomic E-state index is 0.320. The van der Waals surface area contributed by atoms with Gasteiger partial charge < -0.3 is 9.47 Å². The molecule has 1 aliphatic heterocycles. The van der Waals surface area contributed by atoms with Gasteiger partial charge in [0.2, 0.25) is 0 Å². The van der Waals surface area contributed by atoms with E-state index in [-0.39, 0.29) is 5.79 Å². The highest BCUT2D eigenvalue weighted by molar-refractivity contribution is 4.80.